The summed E-state index contributed by atoms with van der Waals surface area (Å²) >= 11 is 1.99. The van der Waals surface area contributed by atoms with Crippen LogP contribution in [0.5, 0.6) is 0 Å². The van der Waals surface area contributed by atoms with Crippen molar-refractivity contribution in [2.45, 2.75) is 29.0 Å². The highest BCUT2D eigenvalue weighted by Gasteiger charge is 2.22. The van der Waals surface area contributed by atoms with Gasteiger partial charge < -0.3 is 0 Å². The molecule has 1 nitrogen and oxygen atoms in total. The quantitative estimate of drug-likeness (QED) is 0.756. The van der Waals surface area contributed by atoms with Crippen LogP contribution in [-0.2, 0) is 0 Å². The molecule has 21 heavy (non-hydrogen) atoms. The molecule has 4 rings (SSSR count). The lowest BCUT2D eigenvalue weighted by Crippen LogP contribution is -2.19. The Morgan fingerprint density at radius 3 is 2.90 bits per heavy atom. The number of aliphatic imine (C=N–C) groups is 1. The maximum atomic E-state index is 4.55. The molecule has 0 spiro atoms. The Labute approximate surface area is 129 Å². The molecule has 0 amide bonds. The first kappa shape index (κ1) is 12.9. The fourth-order valence-corrected chi connectivity index (χ4v) is 4.36. The zero-order valence-electron chi connectivity index (χ0n) is 11.8. The van der Waals surface area contributed by atoms with E-state index < -0.39 is 0 Å². The predicted octanol–water partition coefficient (Wildman–Crippen LogP) is 5.03. The van der Waals surface area contributed by atoms with Gasteiger partial charge in [0.15, 0.2) is 0 Å². The van der Waals surface area contributed by atoms with Gasteiger partial charge in [-0.15, -0.1) is 11.8 Å². The molecule has 104 valence electrons. The maximum Gasteiger partial charge on any atom is 0.0746 e. The average Bonchev–Trinajstić information content (AvgIpc) is 2.55. The van der Waals surface area contributed by atoms with Gasteiger partial charge in [-0.2, -0.15) is 0 Å². The molecule has 0 saturated heterocycles. The van der Waals surface area contributed by atoms with Gasteiger partial charge in [-0.3, -0.25) is 4.99 Å². The lowest BCUT2D eigenvalue weighted by atomic mass is 9.93. The number of benzene rings is 2. The molecule has 2 unspecified atom stereocenters. The van der Waals surface area contributed by atoms with Crippen molar-refractivity contribution in [3.05, 3.63) is 66.3 Å². The van der Waals surface area contributed by atoms with Gasteiger partial charge >= 0.3 is 0 Å². The summed E-state index contributed by atoms with van der Waals surface area (Å²) in [5, 5.41) is 3.24. The van der Waals surface area contributed by atoms with Gasteiger partial charge in [0.1, 0.15) is 0 Å². The van der Waals surface area contributed by atoms with E-state index in [1.54, 1.807) is 0 Å². The SMILES string of the molecule is C1=CC2=CC(Sc3cccc4ccccc34)CCC2N=C1. The molecule has 2 aromatic rings. The summed E-state index contributed by atoms with van der Waals surface area (Å²) in [6, 6.07) is 15.6. The number of hydrogen-bond acceptors (Lipinski definition) is 2. The molecule has 0 N–H and O–H groups in total. The van der Waals surface area contributed by atoms with E-state index in [1.807, 2.05) is 24.1 Å². The van der Waals surface area contributed by atoms with Gasteiger partial charge in [0, 0.05) is 16.4 Å². The Bertz CT molecular complexity index is 752. The molecular formula is C19H17NS. The summed E-state index contributed by atoms with van der Waals surface area (Å²) < 4.78 is 0. The molecule has 1 aliphatic carbocycles. The summed E-state index contributed by atoms with van der Waals surface area (Å²) in [7, 11) is 0. The third kappa shape index (κ3) is 2.56. The van der Waals surface area contributed by atoms with E-state index in [1.165, 1.54) is 27.7 Å². The molecule has 2 aliphatic rings. The monoisotopic (exact) mass is 291 g/mol. The topological polar surface area (TPSA) is 12.4 Å². The van der Waals surface area contributed by atoms with Crippen LogP contribution in [0.2, 0.25) is 0 Å². The minimum atomic E-state index is 0.402. The van der Waals surface area contributed by atoms with Crippen molar-refractivity contribution in [3.63, 3.8) is 0 Å². The van der Waals surface area contributed by atoms with E-state index in [4.69, 9.17) is 0 Å². The van der Waals surface area contributed by atoms with Crippen molar-refractivity contribution in [3.8, 4) is 0 Å². The van der Waals surface area contributed by atoms with Crippen LogP contribution in [0.4, 0.5) is 0 Å². The minimum absolute atomic E-state index is 0.402. The molecule has 0 bridgehead atoms. The Morgan fingerprint density at radius 1 is 1.00 bits per heavy atom. The number of hydrogen-bond donors (Lipinski definition) is 0. The van der Waals surface area contributed by atoms with Crippen molar-refractivity contribution in [2.75, 3.05) is 0 Å². The maximum absolute atomic E-state index is 4.55. The van der Waals surface area contributed by atoms with E-state index in [-0.39, 0.29) is 0 Å². The second kappa shape index (κ2) is 5.53. The molecule has 1 aliphatic heterocycles. The highest BCUT2D eigenvalue weighted by molar-refractivity contribution is 8.00. The summed E-state index contributed by atoms with van der Waals surface area (Å²) in [5.74, 6) is 0. The van der Waals surface area contributed by atoms with E-state index in [0.717, 1.165) is 6.42 Å². The number of allylic oxidation sites excluding steroid dienone is 1. The van der Waals surface area contributed by atoms with Crippen molar-refractivity contribution >= 4 is 28.7 Å². The number of dihydropyridines is 1. The second-order valence-electron chi connectivity index (χ2n) is 5.55. The van der Waals surface area contributed by atoms with Gasteiger partial charge in [0.2, 0.25) is 0 Å². The Kier molecular flexibility index (Phi) is 3.40. The third-order valence-electron chi connectivity index (χ3n) is 4.16. The van der Waals surface area contributed by atoms with Crippen molar-refractivity contribution in [1.29, 1.82) is 0 Å². The molecule has 1 heterocycles. The molecule has 2 heteroatoms. The minimum Gasteiger partial charge on any atom is -0.285 e. The van der Waals surface area contributed by atoms with Crippen LogP contribution >= 0.6 is 11.8 Å². The first-order valence-corrected chi connectivity index (χ1v) is 8.34. The molecule has 2 aromatic carbocycles. The Morgan fingerprint density at radius 2 is 1.90 bits per heavy atom. The molecule has 2 atom stereocenters. The number of rotatable bonds is 2. The summed E-state index contributed by atoms with van der Waals surface area (Å²) in [6.07, 6.45) is 11.0. The summed E-state index contributed by atoms with van der Waals surface area (Å²) in [6.45, 7) is 0. The fraction of sp³-hybridized carbons (Fsp3) is 0.211. The lowest BCUT2D eigenvalue weighted by molar-refractivity contribution is 0.634. The summed E-state index contributed by atoms with van der Waals surface area (Å²) in [4.78, 5) is 5.94. The van der Waals surface area contributed by atoms with Gasteiger partial charge in [-0.1, -0.05) is 48.6 Å². The number of fused-ring (bicyclic) bond motifs is 2. The lowest BCUT2D eigenvalue weighted by Gasteiger charge is -2.26. The molecule has 0 saturated carbocycles. The highest BCUT2D eigenvalue weighted by Crippen LogP contribution is 2.37. The molecule has 0 aromatic heterocycles. The standard InChI is InChI=1S/C19H17NS/c1-2-8-17-14(5-1)6-3-9-19(17)21-16-10-11-18-15(13-16)7-4-12-20-18/h1-9,12-13,16,18H,10-11H2. The molecule has 0 fully saturated rings. The zero-order chi connectivity index (χ0) is 14.1. The van der Waals surface area contributed by atoms with Gasteiger partial charge in [-0.25, -0.2) is 0 Å². The van der Waals surface area contributed by atoms with Crippen molar-refractivity contribution < 1.29 is 0 Å². The number of thioether (sulfide) groups is 1. The van der Waals surface area contributed by atoms with Crippen LogP contribution in [0, 0.1) is 0 Å². The highest BCUT2D eigenvalue weighted by atomic mass is 32.2. The zero-order valence-corrected chi connectivity index (χ0v) is 12.6. The predicted molar refractivity (Wildman–Crippen MR) is 92.3 cm³/mol. The van der Waals surface area contributed by atoms with Gasteiger partial charge in [-0.05, 0) is 41.3 Å². The van der Waals surface area contributed by atoms with Crippen LogP contribution in [0.15, 0.2) is 76.2 Å². The first-order valence-electron chi connectivity index (χ1n) is 7.46. The second-order valence-corrected chi connectivity index (χ2v) is 6.83. The van der Waals surface area contributed by atoms with Gasteiger partial charge in [0.05, 0.1) is 6.04 Å². The van der Waals surface area contributed by atoms with Gasteiger partial charge in [0.25, 0.3) is 0 Å². The normalized spacial score (nSPS) is 23.9. The van der Waals surface area contributed by atoms with Crippen molar-refractivity contribution in [1.82, 2.24) is 0 Å². The Balaban J connectivity index is 1.64. The molecule has 0 radical (unpaired) electrons. The average molecular weight is 291 g/mol. The Hall–Kier alpha value is -1.80. The van der Waals surface area contributed by atoms with Crippen LogP contribution in [0.25, 0.3) is 10.8 Å². The van der Waals surface area contributed by atoms with Crippen LogP contribution in [-0.4, -0.2) is 17.5 Å². The van der Waals surface area contributed by atoms with Crippen LogP contribution < -0.4 is 0 Å². The molecular weight excluding hydrogens is 274 g/mol. The largest absolute Gasteiger partial charge is 0.285 e. The number of nitrogens with zero attached hydrogens (tertiary/aromatic N) is 1. The van der Waals surface area contributed by atoms with E-state index in [9.17, 15) is 0 Å². The van der Waals surface area contributed by atoms with Crippen LogP contribution in [0.3, 0.4) is 0 Å². The van der Waals surface area contributed by atoms with Crippen molar-refractivity contribution in [2.24, 2.45) is 4.99 Å². The smallest absolute Gasteiger partial charge is 0.0746 e. The van der Waals surface area contributed by atoms with Crippen LogP contribution in [0.1, 0.15) is 12.8 Å². The van der Waals surface area contributed by atoms with E-state index >= 15 is 0 Å². The third-order valence-corrected chi connectivity index (χ3v) is 5.44. The van der Waals surface area contributed by atoms with E-state index in [2.05, 4.69) is 59.6 Å². The fourth-order valence-electron chi connectivity index (χ4n) is 3.09. The summed E-state index contributed by atoms with van der Waals surface area (Å²) in [5.41, 5.74) is 1.39. The first-order chi connectivity index (χ1) is 10.4. The van der Waals surface area contributed by atoms with E-state index in [0.29, 0.717) is 11.3 Å².